The van der Waals surface area contributed by atoms with Gasteiger partial charge in [0.2, 0.25) is 5.91 Å². The van der Waals surface area contributed by atoms with Crippen molar-refractivity contribution in [1.82, 2.24) is 10.6 Å². The molecular weight excluding hydrogens is 277 g/mol. The first kappa shape index (κ1) is 15.8. The van der Waals surface area contributed by atoms with E-state index < -0.39 is 18.6 Å². The minimum Gasteiger partial charge on any atom is -0.346 e. The number of halogens is 3. The first-order valence-corrected chi connectivity index (χ1v) is 6.68. The fourth-order valence-electron chi connectivity index (χ4n) is 1.22. The molecule has 0 fully saturated rings. The maximum Gasteiger partial charge on any atom is 0.405 e. The summed E-state index contributed by atoms with van der Waals surface area (Å²) in [4.78, 5) is 12.2. The summed E-state index contributed by atoms with van der Waals surface area (Å²) in [6, 6.07) is 9.73. The van der Waals surface area contributed by atoms with Crippen LogP contribution in [0, 0.1) is 0 Å². The first-order chi connectivity index (χ1) is 8.97. The molecule has 1 aromatic carbocycles. The highest BCUT2D eigenvalue weighted by molar-refractivity contribution is 7.99. The lowest BCUT2D eigenvalue weighted by Crippen LogP contribution is -2.39. The van der Waals surface area contributed by atoms with E-state index in [9.17, 15) is 18.0 Å². The Kier molecular flexibility index (Phi) is 6.72. The van der Waals surface area contributed by atoms with Gasteiger partial charge in [-0.05, 0) is 12.1 Å². The zero-order valence-electron chi connectivity index (χ0n) is 10.2. The Morgan fingerprint density at radius 1 is 1.21 bits per heavy atom. The second-order valence-electron chi connectivity index (χ2n) is 3.73. The Bertz CT molecular complexity index is 384. The van der Waals surface area contributed by atoms with Gasteiger partial charge in [-0.1, -0.05) is 18.2 Å². The van der Waals surface area contributed by atoms with Crippen LogP contribution >= 0.6 is 11.8 Å². The molecule has 0 bridgehead atoms. The predicted octanol–water partition coefficient (Wildman–Crippen LogP) is 2.05. The Labute approximate surface area is 114 Å². The monoisotopic (exact) mass is 292 g/mol. The lowest BCUT2D eigenvalue weighted by Gasteiger charge is -2.09. The largest absolute Gasteiger partial charge is 0.405 e. The molecule has 106 valence electrons. The molecule has 0 aliphatic rings. The van der Waals surface area contributed by atoms with Crippen LogP contribution in [-0.4, -0.2) is 37.5 Å². The summed E-state index contributed by atoms with van der Waals surface area (Å²) in [6.45, 7) is -0.837. The van der Waals surface area contributed by atoms with Gasteiger partial charge in [0.15, 0.2) is 0 Å². The van der Waals surface area contributed by atoms with Crippen LogP contribution < -0.4 is 10.6 Å². The van der Waals surface area contributed by atoms with Crippen LogP contribution in [0.4, 0.5) is 13.2 Å². The third-order valence-electron chi connectivity index (χ3n) is 2.06. The summed E-state index contributed by atoms with van der Waals surface area (Å²) in [6.07, 6.45) is -4.36. The highest BCUT2D eigenvalue weighted by atomic mass is 32.2. The van der Waals surface area contributed by atoms with E-state index >= 15 is 0 Å². The van der Waals surface area contributed by atoms with Crippen molar-refractivity contribution in [1.29, 1.82) is 0 Å². The number of hydrogen-bond acceptors (Lipinski definition) is 3. The standard InChI is InChI=1S/C12H15F3N2OS/c13-12(14,15)9-17-11(18)8-16-6-7-19-10-4-2-1-3-5-10/h1-5,16H,6-9H2,(H,17,18). The maximum atomic E-state index is 11.8. The number of thioether (sulfide) groups is 1. The molecule has 0 spiro atoms. The molecule has 2 N–H and O–H groups in total. The van der Waals surface area contributed by atoms with E-state index in [4.69, 9.17) is 0 Å². The Morgan fingerprint density at radius 3 is 2.53 bits per heavy atom. The average molecular weight is 292 g/mol. The number of carbonyl (C=O) groups excluding carboxylic acids is 1. The van der Waals surface area contributed by atoms with E-state index in [2.05, 4.69) is 5.32 Å². The molecule has 0 radical (unpaired) electrons. The molecule has 1 aromatic rings. The molecule has 0 aliphatic heterocycles. The van der Waals surface area contributed by atoms with Crippen LogP contribution in [-0.2, 0) is 4.79 Å². The number of nitrogens with one attached hydrogen (secondary N) is 2. The molecule has 3 nitrogen and oxygen atoms in total. The fourth-order valence-corrected chi connectivity index (χ4v) is 2.05. The number of benzene rings is 1. The fraction of sp³-hybridized carbons (Fsp3) is 0.417. The first-order valence-electron chi connectivity index (χ1n) is 5.69. The van der Waals surface area contributed by atoms with Crippen molar-refractivity contribution < 1.29 is 18.0 Å². The van der Waals surface area contributed by atoms with Crippen LogP contribution in [0.5, 0.6) is 0 Å². The lowest BCUT2D eigenvalue weighted by molar-refractivity contribution is -0.137. The lowest BCUT2D eigenvalue weighted by atomic mass is 10.4. The van der Waals surface area contributed by atoms with Gasteiger partial charge in [0, 0.05) is 17.2 Å². The molecule has 0 saturated carbocycles. The van der Waals surface area contributed by atoms with Crippen LogP contribution in [0.2, 0.25) is 0 Å². The van der Waals surface area contributed by atoms with E-state index in [1.54, 1.807) is 17.1 Å². The van der Waals surface area contributed by atoms with Crippen molar-refractivity contribution >= 4 is 17.7 Å². The zero-order chi connectivity index (χ0) is 14.1. The van der Waals surface area contributed by atoms with E-state index in [0.717, 1.165) is 10.6 Å². The van der Waals surface area contributed by atoms with Gasteiger partial charge in [-0.25, -0.2) is 0 Å². The zero-order valence-corrected chi connectivity index (χ0v) is 11.0. The van der Waals surface area contributed by atoms with Crippen molar-refractivity contribution in [3.8, 4) is 0 Å². The Morgan fingerprint density at radius 2 is 1.89 bits per heavy atom. The van der Waals surface area contributed by atoms with E-state index in [1.807, 2.05) is 30.3 Å². The Balaban J connectivity index is 2.03. The molecule has 0 aliphatic carbocycles. The smallest absolute Gasteiger partial charge is 0.346 e. The number of rotatable bonds is 7. The third-order valence-corrected chi connectivity index (χ3v) is 3.08. The Hall–Kier alpha value is -1.21. The molecule has 0 atom stereocenters. The van der Waals surface area contributed by atoms with Crippen LogP contribution in [0.1, 0.15) is 0 Å². The van der Waals surface area contributed by atoms with Crippen molar-refractivity contribution in [2.24, 2.45) is 0 Å². The third kappa shape index (κ3) is 8.50. The molecular formula is C12H15F3N2OS. The number of carbonyl (C=O) groups is 1. The highest BCUT2D eigenvalue weighted by Crippen LogP contribution is 2.15. The molecule has 19 heavy (non-hydrogen) atoms. The number of hydrogen-bond donors (Lipinski definition) is 2. The van der Waals surface area contributed by atoms with Gasteiger partial charge in [0.05, 0.1) is 6.54 Å². The van der Waals surface area contributed by atoms with Crippen LogP contribution in [0.15, 0.2) is 35.2 Å². The highest BCUT2D eigenvalue weighted by Gasteiger charge is 2.27. The molecule has 7 heteroatoms. The van der Waals surface area contributed by atoms with E-state index in [0.29, 0.717) is 6.54 Å². The van der Waals surface area contributed by atoms with Gasteiger partial charge in [-0.15, -0.1) is 11.8 Å². The SMILES string of the molecule is O=C(CNCCSc1ccccc1)NCC(F)(F)F. The minimum atomic E-state index is -4.36. The quantitative estimate of drug-likeness (QED) is 0.597. The summed E-state index contributed by atoms with van der Waals surface area (Å²) in [5, 5.41) is 4.59. The van der Waals surface area contributed by atoms with Crippen molar-refractivity contribution in [2.45, 2.75) is 11.1 Å². The molecule has 1 amide bonds. The summed E-state index contributed by atoms with van der Waals surface area (Å²) < 4.78 is 35.4. The normalized spacial score (nSPS) is 11.3. The molecule has 0 aromatic heterocycles. The topological polar surface area (TPSA) is 41.1 Å². The summed E-state index contributed by atoms with van der Waals surface area (Å²) >= 11 is 1.62. The maximum absolute atomic E-state index is 11.8. The minimum absolute atomic E-state index is 0.106. The van der Waals surface area contributed by atoms with Gasteiger partial charge >= 0.3 is 6.18 Å². The van der Waals surface area contributed by atoms with Gasteiger partial charge in [-0.2, -0.15) is 13.2 Å². The van der Waals surface area contributed by atoms with E-state index in [1.165, 1.54) is 0 Å². The second-order valence-corrected chi connectivity index (χ2v) is 4.90. The van der Waals surface area contributed by atoms with E-state index in [-0.39, 0.29) is 6.54 Å². The summed E-state index contributed by atoms with van der Waals surface area (Å²) in [7, 11) is 0. The van der Waals surface area contributed by atoms with Gasteiger partial charge in [-0.3, -0.25) is 4.79 Å². The van der Waals surface area contributed by atoms with Crippen molar-refractivity contribution in [3.63, 3.8) is 0 Å². The molecule has 0 saturated heterocycles. The van der Waals surface area contributed by atoms with Gasteiger partial charge in [0.1, 0.15) is 6.54 Å². The summed E-state index contributed by atoms with van der Waals surface area (Å²) in [5.41, 5.74) is 0. The van der Waals surface area contributed by atoms with Crippen LogP contribution in [0.25, 0.3) is 0 Å². The number of amides is 1. The molecule has 0 heterocycles. The second kappa shape index (κ2) is 8.06. The van der Waals surface area contributed by atoms with Crippen molar-refractivity contribution in [3.05, 3.63) is 30.3 Å². The molecule has 0 unspecified atom stereocenters. The van der Waals surface area contributed by atoms with Crippen LogP contribution in [0.3, 0.4) is 0 Å². The predicted molar refractivity (Wildman–Crippen MR) is 69.1 cm³/mol. The van der Waals surface area contributed by atoms with Gasteiger partial charge < -0.3 is 10.6 Å². The average Bonchev–Trinajstić information content (AvgIpc) is 2.36. The van der Waals surface area contributed by atoms with Gasteiger partial charge in [0.25, 0.3) is 0 Å². The summed E-state index contributed by atoms with van der Waals surface area (Å²) in [5.74, 6) is 0.0957. The number of alkyl halides is 3. The molecule has 1 rings (SSSR count). The van der Waals surface area contributed by atoms with Crippen molar-refractivity contribution in [2.75, 3.05) is 25.4 Å².